The van der Waals surface area contributed by atoms with Crippen molar-refractivity contribution < 1.29 is 0 Å². The van der Waals surface area contributed by atoms with Gasteiger partial charge in [-0.15, -0.1) is 0 Å². The highest BCUT2D eigenvalue weighted by atomic mass is 15.1. The SMILES string of the molecule is c1ccc(N(c2cccc(-c3cccc(-c4cccc5c4c4ccccc4n5-c4ccccc4)c3)c2)c2cccc3ccccc23)cc1. The molecule has 1 aromatic heterocycles. The number of anilines is 3. The van der Waals surface area contributed by atoms with Crippen molar-refractivity contribution in [3.05, 3.63) is 194 Å². The number of fused-ring (bicyclic) bond motifs is 4. The van der Waals surface area contributed by atoms with Gasteiger partial charge in [0.05, 0.1) is 16.7 Å². The molecule has 2 heteroatoms. The van der Waals surface area contributed by atoms with E-state index >= 15 is 0 Å². The second kappa shape index (κ2) is 11.8. The molecule has 0 bridgehead atoms. The van der Waals surface area contributed by atoms with E-state index in [-0.39, 0.29) is 0 Å². The van der Waals surface area contributed by atoms with Crippen LogP contribution in [0, 0.1) is 0 Å². The van der Waals surface area contributed by atoms with Crippen LogP contribution in [0.15, 0.2) is 194 Å². The molecule has 9 aromatic rings. The van der Waals surface area contributed by atoms with Crippen molar-refractivity contribution in [2.75, 3.05) is 4.90 Å². The van der Waals surface area contributed by atoms with Gasteiger partial charge in [0.15, 0.2) is 0 Å². The van der Waals surface area contributed by atoms with Crippen LogP contribution < -0.4 is 4.90 Å². The second-order valence-electron chi connectivity index (χ2n) is 12.2. The number of hydrogen-bond donors (Lipinski definition) is 0. The molecule has 0 amide bonds. The summed E-state index contributed by atoms with van der Waals surface area (Å²) in [7, 11) is 0. The van der Waals surface area contributed by atoms with Gasteiger partial charge in [-0.3, -0.25) is 0 Å². The fraction of sp³-hybridized carbons (Fsp3) is 0. The maximum Gasteiger partial charge on any atom is 0.0547 e. The van der Waals surface area contributed by atoms with Gasteiger partial charge in [-0.2, -0.15) is 0 Å². The number of rotatable bonds is 6. The summed E-state index contributed by atoms with van der Waals surface area (Å²) in [5, 5.41) is 4.98. The number of para-hydroxylation sites is 3. The highest BCUT2D eigenvalue weighted by molar-refractivity contribution is 6.16. The van der Waals surface area contributed by atoms with Gasteiger partial charge in [-0.05, 0) is 88.3 Å². The zero-order valence-corrected chi connectivity index (χ0v) is 26.4. The lowest BCUT2D eigenvalue weighted by Gasteiger charge is -2.27. The topological polar surface area (TPSA) is 8.17 Å². The maximum absolute atomic E-state index is 2.38. The van der Waals surface area contributed by atoms with Crippen molar-refractivity contribution >= 4 is 49.6 Å². The Balaban J connectivity index is 1.19. The first-order chi connectivity index (χ1) is 23.8. The molecular weight excluding hydrogens is 581 g/mol. The number of benzene rings is 8. The fourth-order valence-electron chi connectivity index (χ4n) is 7.21. The van der Waals surface area contributed by atoms with E-state index < -0.39 is 0 Å². The molecule has 0 aliphatic rings. The standard InChI is InChI=1S/C46H32N2/c1-3-20-37(21-4-1)47(43-29-13-16-33-15-7-8-25-40(33)43)39-24-12-18-35(32-39)34-17-11-19-36(31-34)41-27-14-30-45-46(41)42-26-9-10-28-44(42)48(45)38-22-5-2-6-23-38/h1-32H. The van der Waals surface area contributed by atoms with Gasteiger partial charge in [-0.25, -0.2) is 0 Å². The summed E-state index contributed by atoms with van der Waals surface area (Å²) in [4.78, 5) is 2.37. The predicted octanol–water partition coefficient (Wildman–Crippen LogP) is 12.7. The van der Waals surface area contributed by atoms with Crippen molar-refractivity contribution in [2.24, 2.45) is 0 Å². The minimum absolute atomic E-state index is 1.12. The Morgan fingerprint density at radius 2 is 0.958 bits per heavy atom. The van der Waals surface area contributed by atoms with E-state index in [1.54, 1.807) is 0 Å². The van der Waals surface area contributed by atoms with Gasteiger partial charge in [0.2, 0.25) is 0 Å². The third kappa shape index (κ3) is 4.74. The Kier molecular flexibility index (Phi) is 6.84. The highest BCUT2D eigenvalue weighted by Gasteiger charge is 2.18. The predicted molar refractivity (Wildman–Crippen MR) is 204 cm³/mol. The van der Waals surface area contributed by atoms with E-state index in [2.05, 4.69) is 204 Å². The lowest BCUT2D eigenvalue weighted by Crippen LogP contribution is -2.10. The van der Waals surface area contributed by atoms with Crippen LogP contribution in [-0.2, 0) is 0 Å². The van der Waals surface area contributed by atoms with Crippen LogP contribution in [0.3, 0.4) is 0 Å². The average Bonchev–Trinajstić information content (AvgIpc) is 3.51. The van der Waals surface area contributed by atoms with E-state index in [4.69, 9.17) is 0 Å². The molecule has 1 heterocycles. The Bertz CT molecular complexity index is 2560. The molecule has 0 saturated carbocycles. The fourth-order valence-corrected chi connectivity index (χ4v) is 7.21. The summed E-state index contributed by atoms with van der Waals surface area (Å²) in [6.07, 6.45) is 0. The monoisotopic (exact) mass is 612 g/mol. The van der Waals surface area contributed by atoms with Crippen molar-refractivity contribution in [2.45, 2.75) is 0 Å². The summed E-state index contributed by atoms with van der Waals surface area (Å²) in [5.74, 6) is 0. The van der Waals surface area contributed by atoms with Crippen LogP contribution >= 0.6 is 0 Å². The Morgan fingerprint density at radius 3 is 1.81 bits per heavy atom. The van der Waals surface area contributed by atoms with Crippen molar-refractivity contribution in [3.8, 4) is 27.9 Å². The molecule has 0 aliphatic carbocycles. The molecule has 0 unspecified atom stereocenters. The average molecular weight is 613 g/mol. The molecular formula is C46H32N2. The first kappa shape index (κ1) is 27.9. The lowest BCUT2D eigenvalue weighted by molar-refractivity contribution is 1.18. The van der Waals surface area contributed by atoms with E-state index in [1.165, 1.54) is 60.5 Å². The molecule has 2 nitrogen and oxygen atoms in total. The van der Waals surface area contributed by atoms with E-state index in [0.717, 1.165) is 17.1 Å². The largest absolute Gasteiger partial charge is 0.310 e. The zero-order valence-electron chi connectivity index (χ0n) is 26.4. The summed E-state index contributed by atoms with van der Waals surface area (Å²) < 4.78 is 2.38. The van der Waals surface area contributed by atoms with Gasteiger partial charge < -0.3 is 9.47 Å². The number of nitrogens with zero attached hydrogens (tertiary/aromatic N) is 2. The Labute approximate surface area is 280 Å². The van der Waals surface area contributed by atoms with E-state index in [0.29, 0.717) is 0 Å². The van der Waals surface area contributed by atoms with Crippen molar-refractivity contribution in [1.82, 2.24) is 4.57 Å². The van der Waals surface area contributed by atoms with Crippen LogP contribution in [0.25, 0.3) is 60.5 Å². The Hall–Kier alpha value is -6.38. The third-order valence-corrected chi connectivity index (χ3v) is 9.35. The van der Waals surface area contributed by atoms with Crippen LogP contribution in [0.2, 0.25) is 0 Å². The summed E-state index contributed by atoms with van der Waals surface area (Å²) in [5.41, 5.74) is 11.8. The molecule has 0 aliphatic heterocycles. The number of hydrogen-bond acceptors (Lipinski definition) is 1. The highest BCUT2D eigenvalue weighted by Crippen LogP contribution is 2.42. The van der Waals surface area contributed by atoms with Crippen LogP contribution in [0.5, 0.6) is 0 Å². The summed E-state index contributed by atoms with van der Waals surface area (Å²) in [6, 6.07) is 69.8. The molecule has 226 valence electrons. The van der Waals surface area contributed by atoms with Gasteiger partial charge in [-0.1, -0.05) is 133 Å². The third-order valence-electron chi connectivity index (χ3n) is 9.35. The van der Waals surface area contributed by atoms with Crippen molar-refractivity contribution in [3.63, 3.8) is 0 Å². The number of aromatic nitrogens is 1. The molecule has 0 fully saturated rings. The lowest BCUT2D eigenvalue weighted by atomic mass is 9.95. The van der Waals surface area contributed by atoms with Gasteiger partial charge in [0.25, 0.3) is 0 Å². The molecule has 0 N–H and O–H groups in total. The van der Waals surface area contributed by atoms with Gasteiger partial charge in [0, 0.05) is 33.2 Å². The van der Waals surface area contributed by atoms with E-state index in [1.807, 2.05) is 0 Å². The smallest absolute Gasteiger partial charge is 0.0547 e. The van der Waals surface area contributed by atoms with Crippen molar-refractivity contribution in [1.29, 1.82) is 0 Å². The van der Waals surface area contributed by atoms with Crippen LogP contribution in [-0.4, -0.2) is 4.57 Å². The quantitative estimate of drug-likeness (QED) is 0.181. The molecule has 0 radical (unpaired) electrons. The second-order valence-corrected chi connectivity index (χ2v) is 12.2. The van der Waals surface area contributed by atoms with Gasteiger partial charge >= 0.3 is 0 Å². The molecule has 9 rings (SSSR count). The van der Waals surface area contributed by atoms with Crippen LogP contribution in [0.4, 0.5) is 17.1 Å². The molecule has 0 saturated heterocycles. The molecule has 8 aromatic carbocycles. The molecule has 48 heavy (non-hydrogen) atoms. The van der Waals surface area contributed by atoms with E-state index in [9.17, 15) is 0 Å². The molecule has 0 spiro atoms. The molecule has 0 atom stereocenters. The minimum atomic E-state index is 1.12. The summed E-state index contributed by atoms with van der Waals surface area (Å²) in [6.45, 7) is 0. The van der Waals surface area contributed by atoms with Gasteiger partial charge in [0.1, 0.15) is 0 Å². The Morgan fingerprint density at radius 1 is 0.375 bits per heavy atom. The first-order valence-electron chi connectivity index (χ1n) is 16.4. The summed E-state index contributed by atoms with van der Waals surface area (Å²) >= 11 is 0. The normalized spacial score (nSPS) is 11.3. The first-order valence-corrected chi connectivity index (χ1v) is 16.4. The zero-order chi connectivity index (χ0) is 31.9. The maximum atomic E-state index is 2.38. The van der Waals surface area contributed by atoms with Crippen LogP contribution in [0.1, 0.15) is 0 Å². The minimum Gasteiger partial charge on any atom is -0.310 e.